The van der Waals surface area contributed by atoms with E-state index in [4.69, 9.17) is 5.73 Å². The molecule has 1 amide bonds. The van der Waals surface area contributed by atoms with E-state index >= 15 is 0 Å². The van der Waals surface area contributed by atoms with Crippen molar-refractivity contribution in [3.05, 3.63) is 23.3 Å². The number of sulfonamides is 1. The number of amides is 1. The zero-order valence-electron chi connectivity index (χ0n) is 11.3. The zero-order chi connectivity index (χ0) is 14.6. The van der Waals surface area contributed by atoms with Gasteiger partial charge in [-0.2, -0.15) is 0 Å². The van der Waals surface area contributed by atoms with E-state index in [2.05, 4.69) is 10.0 Å². The highest BCUT2D eigenvalue weighted by Gasteiger charge is 2.21. The summed E-state index contributed by atoms with van der Waals surface area (Å²) in [4.78, 5) is 11.3. The third-order valence-corrected chi connectivity index (χ3v) is 4.38. The van der Waals surface area contributed by atoms with Crippen molar-refractivity contribution >= 4 is 21.6 Å². The Kier molecular flexibility index (Phi) is 4.90. The van der Waals surface area contributed by atoms with Crippen LogP contribution in [0.15, 0.2) is 17.0 Å². The van der Waals surface area contributed by atoms with Gasteiger partial charge in [0.15, 0.2) is 0 Å². The topological polar surface area (TPSA) is 101 Å². The summed E-state index contributed by atoms with van der Waals surface area (Å²) >= 11 is 0. The Morgan fingerprint density at radius 1 is 1.32 bits per heavy atom. The highest BCUT2D eigenvalue weighted by molar-refractivity contribution is 7.89. The summed E-state index contributed by atoms with van der Waals surface area (Å²) in [6.07, 6.45) is 0. The lowest BCUT2D eigenvalue weighted by atomic mass is 10.1. The van der Waals surface area contributed by atoms with E-state index in [1.165, 1.54) is 0 Å². The molecule has 106 valence electrons. The Morgan fingerprint density at radius 2 is 1.95 bits per heavy atom. The highest BCUT2D eigenvalue weighted by Crippen LogP contribution is 2.24. The van der Waals surface area contributed by atoms with Crippen molar-refractivity contribution in [3.63, 3.8) is 0 Å². The number of rotatable bonds is 5. The number of nitrogen functional groups attached to an aromatic ring is 1. The summed E-state index contributed by atoms with van der Waals surface area (Å²) in [5.74, 6) is -0.380. The highest BCUT2D eigenvalue weighted by atomic mass is 32.2. The van der Waals surface area contributed by atoms with Gasteiger partial charge in [0.1, 0.15) is 4.90 Å². The summed E-state index contributed by atoms with van der Waals surface area (Å²) in [7, 11) is -3.79. The van der Waals surface area contributed by atoms with Crippen LogP contribution in [0.4, 0.5) is 5.69 Å². The predicted molar refractivity (Wildman–Crippen MR) is 74.2 cm³/mol. The van der Waals surface area contributed by atoms with Crippen molar-refractivity contribution in [2.45, 2.75) is 25.7 Å². The first-order chi connectivity index (χ1) is 8.79. The van der Waals surface area contributed by atoms with Crippen molar-refractivity contribution in [1.82, 2.24) is 10.0 Å². The van der Waals surface area contributed by atoms with Crippen LogP contribution in [0.3, 0.4) is 0 Å². The molecule has 0 aliphatic rings. The van der Waals surface area contributed by atoms with Crippen molar-refractivity contribution in [2.24, 2.45) is 0 Å². The number of aryl methyl sites for hydroxylation is 1. The first kappa shape index (κ1) is 15.5. The van der Waals surface area contributed by atoms with Crippen LogP contribution in [0.2, 0.25) is 0 Å². The van der Waals surface area contributed by atoms with Crippen LogP contribution in [-0.2, 0) is 14.8 Å². The molecule has 1 rings (SSSR count). The third-order valence-electron chi connectivity index (χ3n) is 2.77. The molecule has 6 nitrogen and oxygen atoms in total. The molecule has 1 aromatic rings. The van der Waals surface area contributed by atoms with E-state index < -0.39 is 10.0 Å². The molecule has 0 aliphatic carbocycles. The fourth-order valence-electron chi connectivity index (χ4n) is 1.66. The van der Waals surface area contributed by atoms with Gasteiger partial charge >= 0.3 is 0 Å². The van der Waals surface area contributed by atoms with E-state index in [1.54, 1.807) is 32.9 Å². The minimum Gasteiger partial charge on any atom is -0.398 e. The Bertz CT molecular complexity index is 582. The maximum atomic E-state index is 12.2. The summed E-state index contributed by atoms with van der Waals surface area (Å²) < 4.78 is 26.6. The SMILES string of the molecule is CCNC(=O)CNS(=O)(=O)c1c(N)ccc(C)c1C. The molecule has 0 unspecified atom stereocenters. The summed E-state index contributed by atoms with van der Waals surface area (Å²) in [5.41, 5.74) is 7.31. The van der Waals surface area contributed by atoms with Gasteiger partial charge in [-0.05, 0) is 38.0 Å². The Hall–Kier alpha value is -1.60. The molecular formula is C12H19N3O3S. The van der Waals surface area contributed by atoms with Gasteiger partial charge in [-0.25, -0.2) is 13.1 Å². The molecule has 0 heterocycles. The number of carbonyl (C=O) groups is 1. The minimum atomic E-state index is -3.79. The molecule has 0 radical (unpaired) electrons. The van der Waals surface area contributed by atoms with Crippen LogP contribution in [0, 0.1) is 13.8 Å². The van der Waals surface area contributed by atoms with Crippen LogP contribution in [0.1, 0.15) is 18.1 Å². The molecule has 19 heavy (non-hydrogen) atoms. The third kappa shape index (κ3) is 3.68. The Labute approximate surface area is 113 Å². The maximum absolute atomic E-state index is 12.2. The average molecular weight is 285 g/mol. The molecule has 1 aromatic carbocycles. The van der Waals surface area contributed by atoms with Gasteiger partial charge in [0.2, 0.25) is 15.9 Å². The fourth-order valence-corrected chi connectivity index (χ4v) is 3.07. The second-order valence-corrected chi connectivity index (χ2v) is 5.91. The van der Waals surface area contributed by atoms with Crippen LogP contribution in [-0.4, -0.2) is 27.4 Å². The normalized spacial score (nSPS) is 11.3. The number of likely N-dealkylation sites (N-methyl/N-ethyl adjacent to an activating group) is 1. The molecule has 0 fully saturated rings. The Morgan fingerprint density at radius 3 is 2.53 bits per heavy atom. The van der Waals surface area contributed by atoms with Crippen LogP contribution in [0.25, 0.3) is 0 Å². The van der Waals surface area contributed by atoms with Gasteiger partial charge in [-0.1, -0.05) is 6.07 Å². The van der Waals surface area contributed by atoms with Crippen LogP contribution >= 0.6 is 0 Å². The summed E-state index contributed by atoms with van der Waals surface area (Å²) in [5, 5.41) is 2.51. The van der Waals surface area contributed by atoms with Gasteiger partial charge < -0.3 is 11.1 Å². The number of nitrogens with one attached hydrogen (secondary N) is 2. The van der Waals surface area contributed by atoms with E-state index in [0.29, 0.717) is 12.1 Å². The smallest absolute Gasteiger partial charge is 0.243 e. The van der Waals surface area contributed by atoms with Crippen LogP contribution in [0.5, 0.6) is 0 Å². The summed E-state index contributed by atoms with van der Waals surface area (Å²) in [6.45, 7) is 5.40. The monoisotopic (exact) mass is 285 g/mol. The quantitative estimate of drug-likeness (QED) is 0.677. The van der Waals surface area contributed by atoms with Gasteiger partial charge in [-0.15, -0.1) is 0 Å². The van der Waals surface area contributed by atoms with Crippen molar-refractivity contribution in [3.8, 4) is 0 Å². The first-order valence-electron chi connectivity index (χ1n) is 5.91. The number of anilines is 1. The zero-order valence-corrected chi connectivity index (χ0v) is 12.1. The number of hydrogen-bond donors (Lipinski definition) is 3. The molecule has 0 saturated heterocycles. The van der Waals surface area contributed by atoms with Crippen LogP contribution < -0.4 is 15.8 Å². The minimum absolute atomic E-state index is 0.0387. The standard InChI is InChI=1S/C12H19N3O3S/c1-4-14-11(16)7-15-19(17,18)12-9(3)8(2)5-6-10(12)13/h5-6,15H,4,7,13H2,1-3H3,(H,14,16). The van der Waals surface area contributed by atoms with Crippen molar-refractivity contribution < 1.29 is 13.2 Å². The van der Waals surface area contributed by atoms with Gasteiger partial charge in [-0.3, -0.25) is 4.79 Å². The molecule has 0 aromatic heterocycles. The molecule has 7 heteroatoms. The number of hydrogen-bond acceptors (Lipinski definition) is 4. The molecule has 0 bridgehead atoms. The first-order valence-corrected chi connectivity index (χ1v) is 7.40. The van der Waals surface area contributed by atoms with Gasteiger partial charge in [0.05, 0.1) is 12.2 Å². The Balaban J connectivity index is 3.02. The van der Waals surface area contributed by atoms with E-state index in [9.17, 15) is 13.2 Å². The average Bonchev–Trinajstić information content (AvgIpc) is 2.32. The predicted octanol–water partition coefficient (Wildman–Crippen LogP) is 0.300. The molecular weight excluding hydrogens is 266 g/mol. The van der Waals surface area contributed by atoms with E-state index in [-0.39, 0.29) is 23.0 Å². The summed E-state index contributed by atoms with van der Waals surface area (Å²) in [6, 6.07) is 3.30. The lowest BCUT2D eigenvalue weighted by Crippen LogP contribution is -2.37. The molecule has 0 aliphatic heterocycles. The van der Waals surface area contributed by atoms with E-state index in [1.807, 2.05) is 0 Å². The lowest BCUT2D eigenvalue weighted by molar-refractivity contribution is -0.119. The number of carbonyl (C=O) groups excluding carboxylic acids is 1. The molecule has 0 atom stereocenters. The second-order valence-electron chi connectivity index (χ2n) is 4.20. The fraction of sp³-hybridized carbons (Fsp3) is 0.417. The molecule has 4 N–H and O–H groups in total. The number of nitrogens with two attached hydrogens (primary N) is 1. The largest absolute Gasteiger partial charge is 0.398 e. The maximum Gasteiger partial charge on any atom is 0.243 e. The van der Waals surface area contributed by atoms with Crippen molar-refractivity contribution in [1.29, 1.82) is 0 Å². The van der Waals surface area contributed by atoms with Gasteiger partial charge in [0.25, 0.3) is 0 Å². The van der Waals surface area contributed by atoms with E-state index in [0.717, 1.165) is 5.56 Å². The lowest BCUT2D eigenvalue weighted by Gasteiger charge is -2.13. The van der Waals surface area contributed by atoms with Gasteiger partial charge in [0, 0.05) is 6.54 Å². The molecule has 0 saturated carbocycles. The van der Waals surface area contributed by atoms with Crippen molar-refractivity contribution in [2.75, 3.05) is 18.8 Å². The second kappa shape index (κ2) is 6.03. The molecule has 0 spiro atoms. The number of benzene rings is 1.